The highest BCUT2D eigenvalue weighted by atomic mass is 15.2. The van der Waals surface area contributed by atoms with Gasteiger partial charge in [0.2, 0.25) is 0 Å². The minimum absolute atomic E-state index is 0.294. The molecule has 0 radical (unpaired) electrons. The van der Waals surface area contributed by atoms with Crippen LogP contribution in [-0.4, -0.2) is 24.0 Å². The van der Waals surface area contributed by atoms with Gasteiger partial charge in [-0.2, -0.15) is 0 Å². The van der Waals surface area contributed by atoms with Crippen molar-refractivity contribution in [3.05, 3.63) is 34.9 Å². The molecule has 0 saturated carbocycles. The summed E-state index contributed by atoms with van der Waals surface area (Å²) in [6, 6.07) is 7.31. The summed E-state index contributed by atoms with van der Waals surface area (Å²) in [6.45, 7) is 8.95. The molecule has 2 unspecified atom stereocenters. The van der Waals surface area contributed by atoms with Crippen molar-refractivity contribution in [1.29, 1.82) is 0 Å². The molecule has 1 aliphatic rings. The Labute approximate surface area is 105 Å². The molecule has 1 saturated heterocycles. The fourth-order valence-electron chi connectivity index (χ4n) is 2.94. The van der Waals surface area contributed by atoms with E-state index in [2.05, 4.69) is 43.9 Å². The van der Waals surface area contributed by atoms with Crippen molar-refractivity contribution in [2.45, 2.75) is 45.7 Å². The molecule has 1 fully saturated rings. The average molecular weight is 232 g/mol. The lowest BCUT2D eigenvalue weighted by atomic mass is 9.93. The Morgan fingerprint density at radius 1 is 1.35 bits per heavy atom. The molecule has 0 bridgehead atoms. The summed E-state index contributed by atoms with van der Waals surface area (Å²) in [4.78, 5) is 2.55. The van der Waals surface area contributed by atoms with E-state index in [0.29, 0.717) is 12.1 Å². The predicted molar refractivity (Wildman–Crippen MR) is 73.1 cm³/mol. The van der Waals surface area contributed by atoms with Gasteiger partial charge in [0.15, 0.2) is 0 Å². The molecule has 17 heavy (non-hydrogen) atoms. The minimum atomic E-state index is 0.294. The number of benzene rings is 1. The lowest BCUT2D eigenvalue weighted by Gasteiger charge is -2.28. The van der Waals surface area contributed by atoms with E-state index in [4.69, 9.17) is 5.73 Å². The van der Waals surface area contributed by atoms with Crippen LogP contribution in [0.1, 0.15) is 42.5 Å². The van der Waals surface area contributed by atoms with E-state index in [9.17, 15) is 0 Å². The van der Waals surface area contributed by atoms with Crippen LogP contribution in [0.25, 0.3) is 0 Å². The second-order valence-electron chi connectivity index (χ2n) is 5.22. The van der Waals surface area contributed by atoms with Crippen molar-refractivity contribution in [2.75, 3.05) is 13.1 Å². The van der Waals surface area contributed by atoms with Crippen molar-refractivity contribution in [3.8, 4) is 0 Å². The van der Waals surface area contributed by atoms with E-state index in [1.165, 1.54) is 23.1 Å². The Morgan fingerprint density at radius 3 is 2.82 bits per heavy atom. The molecule has 1 aliphatic heterocycles. The van der Waals surface area contributed by atoms with Crippen LogP contribution in [-0.2, 0) is 0 Å². The standard InChI is InChI=1S/C15H24N2/c1-4-9-17-10-8-14(16)15(17)13-7-5-6-11(2)12(13)3/h5-7,14-15H,4,8-10,16H2,1-3H3. The van der Waals surface area contributed by atoms with Crippen LogP contribution in [0.4, 0.5) is 0 Å². The van der Waals surface area contributed by atoms with Crippen LogP contribution in [0, 0.1) is 13.8 Å². The largest absolute Gasteiger partial charge is 0.326 e. The van der Waals surface area contributed by atoms with Gasteiger partial charge >= 0.3 is 0 Å². The van der Waals surface area contributed by atoms with E-state index in [1.54, 1.807) is 0 Å². The third-order valence-corrected chi connectivity index (χ3v) is 4.02. The van der Waals surface area contributed by atoms with E-state index in [1.807, 2.05) is 0 Å². The van der Waals surface area contributed by atoms with Crippen molar-refractivity contribution in [1.82, 2.24) is 4.90 Å². The van der Waals surface area contributed by atoms with Gasteiger partial charge in [0, 0.05) is 12.6 Å². The van der Waals surface area contributed by atoms with Crippen molar-refractivity contribution in [3.63, 3.8) is 0 Å². The zero-order valence-electron chi connectivity index (χ0n) is 11.2. The second kappa shape index (κ2) is 5.19. The smallest absolute Gasteiger partial charge is 0.0502 e. The maximum absolute atomic E-state index is 6.31. The summed E-state index contributed by atoms with van der Waals surface area (Å²) < 4.78 is 0. The first-order valence-corrected chi connectivity index (χ1v) is 6.71. The molecule has 2 rings (SSSR count). The number of aryl methyl sites for hydroxylation is 1. The van der Waals surface area contributed by atoms with Crippen molar-refractivity contribution < 1.29 is 0 Å². The van der Waals surface area contributed by atoms with Crippen LogP contribution < -0.4 is 5.73 Å². The van der Waals surface area contributed by atoms with Crippen LogP contribution in [0.15, 0.2) is 18.2 Å². The van der Waals surface area contributed by atoms with Crippen molar-refractivity contribution >= 4 is 0 Å². The average Bonchev–Trinajstić information content (AvgIpc) is 2.65. The van der Waals surface area contributed by atoms with Crippen LogP contribution >= 0.6 is 0 Å². The highest BCUT2D eigenvalue weighted by Crippen LogP contribution is 2.33. The first kappa shape index (κ1) is 12.6. The van der Waals surface area contributed by atoms with Crippen LogP contribution in [0.2, 0.25) is 0 Å². The summed E-state index contributed by atoms with van der Waals surface area (Å²) in [5.41, 5.74) is 10.5. The van der Waals surface area contributed by atoms with Gasteiger partial charge in [-0.05, 0) is 49.9 Å². The van der Waals surface area contributed by atoms with E-state index >= 15 is 0 Å². The molecule has 2 heteroatoms. The molecule has 1 aromatic carbocycles. The monoisotopic (exact) mass is 232 g/mol. The highest BCUT2D eigenvalue weighted by molar-refractivity contribution is 5.36. The predicted octanol–water partition coefficient (Wildman–Crippen LogP) is 2.79. The van der Waals surface area contributed by atoms with Crippen LogP contribution in [0.3, 0.4) is 0 Å². The molecule has 0 amide bonds. The van der Waals surface area contributed by atoms with E-state index in [0.717, 1.165) is 19.5 Å². The minimum Gasteiger partial charge on any atom is -0.326 e. The van der Waals surface area contributed by atoms with Gasteiger partial charge in [0.1, 0.15) is 0 Å². The molecule has 2 N–H and O–H groups in total. The van der Waals surface area contributed by atoms with Gasteiger partial charge in [-0.15, -0.1) is 0 Å². The van der Waals surface area contributed by atoms with Gasteiger partial charge in [-0.3, -0.25) is 4.90 Å². The summed E-state index contributed by atoms with van der Waals surface area (Å²) in [5.74, 6) is 0. The zero-order chi connectivity index (χ0) is 12.4. The summed E-state index contributed by atoms with van der Waals surface area (Å²) in [5, 5.41) is 0. The van der Waals surface area contributed by atoms with Gasteiger partial charge in [-0.25, -0.2) is 0 Å². The fraction of sp³-hybridized carbons (Fsp3) is 0.600. The first-order chi connectivity index (χ1) is 8.15. The lowest BCUT2D eigenvalue weighted by Crippen LogP contribution is -2.32. The van der Waals surface area contributed by atoms with Gasteiger partial charge < -0.3 is 5.73 Å². The first-order valence-electron chi connectivity index (χ1n) is 6.71. The SMILES string of the molecule is CCCN1CCC(N)C1c1cccc(C)c1C. The number of nitrogens with two attached hydrogens (primary N) is 1. The summed E-state index contributed by atoms with van der Waals surface area (Å²) in [6.07, 6.45) is 2.33. The highest BCUT2D eigenvalue weighted by Gasteiger charge is 2.33. The molecular formula is C15H24N2. The maximum Gasteiger partial charge on any atom is 0.0502 e. The Bertz CT molecular complexity index is 385. The topological polar surface area (TPSA) is 29.3 Å². The third-order valence-electron chi connectivity index (χ3n) is 4.02. The zero-order valence-corrected chi connectivity index (χ0v) is 11.2. The third kappa shape index (κ3) is 2.38. The summed E-state index contributed by atoms with van der Waals surface area (Å²) >= 11 is 0. The molecule has 2 nitrogen and oxygen atoms in total. The number of rotatable bonds is 3. The number of nitrogens with zero attached hydrogens (tertiary/aromatic N) is 1. The van der Waals surface area contributed by atoms with Gasteiger partial charge in [0.05, 0.1) is 6.04 Å². The Kier molecular flexibility index (Phi) is 3.85. The molecule has 1 heterocycles. The number of hydrogen-bond donors (Lipinski definition) is 1. The second-order valence-corrected chi connectivity index (χ2v) is 5.22. The molecule has 94 valence electrons. The Morgan fingerprint density at radius 2 is 2.12 bits per heavy atom. The molecule has 0 aliphatic carbocycles. The van der Waals surface area contributed by atoms with Crippen molar-refractivity contribution in [2.24, 2.45) is 5.73 Å². The van der Waals surface area contributed by atoms with Crippen LogP contribution in [0.5, 0.6) is 0 Å². The Balaban J connectivity index is 2.33. The van der Waals surface area contributed by atoms with E-state index < -0.39 is 0 Å². The molecule has 0 spiro atoms. The quantitative estimate of drug-likeness (QED) is 0.868. The molecule has 0 aromatic heterocycles. The summed E-state index contributed by atoms with van der Waals surface area (Å²) in [7, 11) is 0. The van der Waals surface area contributed by atoms with Gasteiger partial charge in [0.25, 0.3) is 0 Å². The number of hydrogen-bond acceptors (Lipinski definition) is 2. The van der Waals surface area contributed by atoms with Gasteiger partial charge in [-0.1, -0.05) is 25.1 Å². The molecule has 2 atom stereocenters. The molecule has 1 aromatic rings. The van der Waals surface area contributed by atoms with E-state index in [-0.39, 0.29) is 0 Å². The molecular weight excluding hydrogens is 208 g/mol. The normalized spacial score (nSPS) is 25.4. The maximum atomic E-state index is 6.31. The fourth-order valence-corrected chi connectivity index (χ4v) is 2.94. The number of likely N-dealkylation sites (tertiary alicyclic amines) is 1. The lowest BCUT2D eigenvalue weighted by molar-refractivity contribution is 0.247. The Hall–Kier alpha value is -0.860.